The van der Waals surface area contributed by atoms with Crippen LogP contribution in [0, 0.1) is 0 Å². The number of primary amides is 2. The van der Waals surface area contributed by atoms with Crippen LogP contribution in [0.3, 0.4) is 0 Å². The first-order chi connectivity index (χ1) is 8.45. The van der Waals surface area contributed by atoms with Gasteiger partial charge >= 0.3 is 0 Å². The van der Waals surface area contributed by atoms with Gasteiger partial charge in [-0.05, 0) is 30.7 Å². The molecule has 0 saturated heterocycles. The lowest BCUT2D eigenvalue weighted by Crippen LogP contribution is -2.25. The topological polar surface area (TPSA) is 116 Å². The maximum atomic E-state index is 11.0. The van der Waals surface area contributed by atoms with Crippen molar-refractivity contribution in [3.63, 3.8) is 0 Å². The van der Waals surface area contributed by atoms with Crippen LogP contribution in [0.1, 0.15) is 12.5 Å². The van der Waals surface area contributed by atoms with Crippen LogP contribution in [0.15, 0.2) is 23.8 Å². The zero-order chi connectivity index (χ0) is 13.7. The predicted octanol–water partition coefficient (Wildman–Crippen LogP) is 0.145. The predicted molar refractivity (Wildman–Crippen MR) is 65.6 cm³/mol. The van der Waals surface area contributed by atoms with E-state index < -0.39 is 11.8 Å². The Balaban J connectivity index is 3.17. The summed E-state index contributed by atoms with van der Waals surface area (Å²) in [7, 11) is 0. The fraction of sp³-hybridized carbons (Fsp3) is 0.167. The van der Waals surface area contributed by atoms with Crippen LogP contribution in [0.5, 0.6) is 11.5 Å². The normalized spacial score (nSPS) is 9.61. The van der Waals surface area contributed by atoms with Crippen LogP contribution in [0.2, 0.25) is 0 Å². The summed E-state index contributed by atoms with van der Waals surface area (Å²) in [6.07, 6.45) is 1.24. The van der Waals surface area contributed by atoms with E-state index in [1.165, 1.54) is 24.3 Å². The quantitative estimate of drug-likeness (QED) is 0.391. The standard InChI is InChI=1S/C12H14N2O4/c1-2-18-10-6-7(3-4-9(10)15)5-8(11(13)16)12(14)17/h3-6,15H,2H2,1H3,(H2,13,16)(H2,14,17). The Morgan fingerprint density at radius 3 is 2.44 bits per heavy atom. The highest BCUT2D eigenvalue weighted by Gasteiger charge is 2.12. The van der Waals surface area contributed by atoms with Crippen LogP contribution in [-0.4, -0.2) is 23.5 Å². The minimum Gasteiger partial charge on any atom is -0.504 e. The Morgan fingerprint density at radius 2 is 1.94 bits per heavy atom. The molecule has 1 aromatic rings. The zero-order valence-corrected chi connectivity index (χ0v) is 9.84. The number of benzene rings is 1. The van der Waals surface area contributed by atoms with Crippen molar-refractivity contribution in [3.05, 3.63) is 29.3 Å². The summed E-state index contributed by atoms with van der Waals surface area (Å²) < 4.78 is 5.17. The van der Waals surface area contributed by atoms with Crippen molar-refractivity contribution in [1.82, 2.24) is 0 Å². The van der Waals surface area contributed by atoms with Crippen LogP contribution in [0.4, 0.5) is 0 Å². The van der Waals surface area contributed by atoms with E-state index in [9.17, 15) is 14.7 Å². The summed E-state index contributed by atoms with van der Waals surface area (Å²) in [5.41, 5.74) is 10.2. The smallest absolute Gasteiger partial charge is 0.254 e. The highest BCUT2D eigenvalue weighted by molar-refractivity contribution is 6.20. The highest BCUT2D eigenvalue weighted by atomic mass is 16.5. The molecule has 0 heterocycles. The van der Waals surface area contributed by atoms with Crippen LogP contribution >= 0.6 is 0 Å². The number of hydrogen-bond acceptors (Lipinski definition) is 4. The Labute approximate surface area is 104 Å². The van der Waals surface area contributed by atoms with Gasteiger partial charge in [0.1, 0.15) is 5.57 Å². The molecule has 0 aliphatic carbocycles. The van der Waals surface area contributed by atoms with E-state index in [1.54, 1.807) is 6.92 Å². The maximum Gasteiger partial charge on any atom is 0.254 e. The van der Waals surface area contributed by atoms with E-state index in [0.717, 1.165) is 0 Å². The summed E-state index contributed by atoms with van der Waals surface area (Å²) in [6.45, 7) is 2.14. The first-order valence-electron chi connectivity index (χ1n) is 5.22. The van der Waals surface area contributed by atoms with E-state index in [0.29, 0.717) is 12.2 Å². The zero-order valence-electron chi connectivity index (χ0n) is 9.84. The van der Waals surface area contributed by atoms with E-state index >= 15 is 0 Å². The number of carbonyl (C=O) groups is 2. The van der Waals surface area contributed by atoms with Crippen molar-refractivity contribution >= 4 is 17.9 Å². The summed E-state index contributed by atoms with van der Waals surface area (Å²) in [5.74, 6) is -1.60. The second kappa shape index (κ2) is 5.72. The Bertz CT molecular complexity index is 493. The average Bonchev–Trinajstić information content (AvgIpc) is 2.29. The van der Waals surface area contributed by atoms with E-state index in [-0.39, 0.29) is 17.1 Å². The summed E-state index contributed by atoms with van der Waals surface area (Å²) >= 11 is 0. The van der Waals surface area contributed by atoms with E-state index in [4.69, 9.17) is 16.2 Å². The molecule has 1 aromatic carbocycles. The molecule has 0 aliphatic heterocycles. The minimum atomic E-state index is -0.909. The van der Waals surface area contributed by atoms with Gasteiger partial charge in [-0.1, -0.05) is 6.07 Å². The van der Waals surface area contributed by atoms with Gasteiger partial charge in [0.25, 0.3) is 11.8 Å². The molecule has 0 radical (unpaired) electrons. The molecule has 0 saturated carbocycles. The SMILES string of the molecule is CCOc1cc(C=C(C(N)=O)C(N)=O)ccc1O. The van der Waals surface area contributed by atoms with Crippen molar-refractivity contribution in [2.75, 3.05) is 6.61 Å². The lowest BCUT2D eigenvalue weighted by Gasteiger charge is -2.06. The van der Waals surface area contributed by atoms with Crippen molar-refractivity contribution in [2.24, 2.45) is 11.5 Å². The first kappa shape index (κ1) is 13.6. The Kier molecular flexibility index (Phi) is 4.31. The first-order valence-corrected chi connectivity index (χ1v) is 5.22. The number of amides is 2. The van der Waals surface area contributed by atoms with Crippen molar-refractivity contribution in [1.29, 1.82) is 0 Å². The Morgan fingerprint density at radius 1 is 1.33 bits per heavy atom. The molecule has 0 bridgehead atoms. The highest BCUT2D eigenvalue weighted by Crippen LogP contribution is 2.27. The number of nitrogens with two attached hydrogens (primary N) is 2. The molecule has 6 heteroatoms. The number of hydrogen-bond donors (Lipinski definition) is 3. The maximum absolute atomic E-state index is 11.0. The average molecular weight is 250 g/mol. The molecule has 0 unspecified atom stereocenters. The van der Waals surface area contributed by atoms with E-state index in [2.05, 4.69) is 0 Å². The van der Waals surface area contributed by atoms with Crippen molar-refractivity contribution in [2.45, 2.75) is 6.92 Å². The number of aromatic hydroxyl groups is 1. The lowest BCUT2D eigenvalue weighted by molar-refractivity contribution is -0.120. The third kappa shape index (κ3) is 3.24. The fourth-order valence-electron chi connectivity index (χ4n) is 1.32. The van der Waals surface area contributed by atoms with Gasteiger partial charge < -0.3 is 21.3 Å². The molecule has 0 aliphatic rings. The van der Waals surface area contributed by atoms with Gasteiger partial charge in [-0.15, -0.1) is 0 Å². The third-order valence-corrected chi connectivity index (χ3v) is 2.13. The molecule has 6 nitrogen and oxygen atoms in total. The third-order valence-electron chi connectivity index (χ3n) is 2.13. The number of rotatable bonds is 5. The lowest BCUT2D eigenvalue weighted by atomic mass is 10.1. The van der Waals surface area contributed by atoms with Crippen molar-refractivity contribution in [3.8, 4) is 11.5 Å². The van der Waals surface area contributed by atoms with Gasteiger partial charge in [0, 0.05) is 0 Å². The molecule has 0 spiro atoms. The second-order valence-electron chi connectivity index (χ2n) is 3.45. The molecule has 0 fully saturated rings. The summed E-state index contributed by atoms with van der Waals surface area (Å²) in [6, 6.07) is 4.37. The molecule has 2 amide bonds. The Hall–Kier alpha value is -2.50. The monoisotopic (exact) mass is 250 g/mol. The van der Waals surface area contributed by atoms with Gasteiger partial charge in [0.15, 0.2) is 11.5 Å². The molecular formula is C12H14N2O4. The number of phenolic OH excluding ortho intramolecular Hbond substituents is 1. The van der Waals surface area contributed by atoms with Gasteiger partial charge in [0.2, 0.25) is 0 Å². The van der Waals surface area contributed by atoms with Crippen LogP contribution in [-0.2, 0) is 9.59 Å². The molecule has 0 aromatic heterocycles. The molecular weight excluding hydrogens is 236 g/mol. The number of ether oxygens (including phenoxy) is 1. The van der Waals surface area contributed by atoms with Gasteiger partial charge in [0.05, 0.1) is 6.61 Å². The van der Waals surface area contributed by atoms with E-state index in [1.807, 2.05) is 0 Å². The summed E-state index contributed by atoms with van der Waals surface area (Å²) in [4.78, 5) is 22.0. The fourth-order valence-corrected chi connectivity index (χ4v) is 1.32. The minimum absolute atomic E-state index is 0.0336. The summed E-state index contributed by atoms with van der Waals surface area (Å²) in [5, 5.41) is 9.49. The van der Waals surface area contributed by atoms with Gasteiger partial charge in [-0.2, -0.15) is 0 Å². The van der Waals surface area contributed by atoms with Crippen molar-refractivity contribution < 1.29 is 19.4 Å². The molecule has 1 rings (SSSR count). The molecule has 5 N–H and O–H groups in total. The molecule has 96 valence electrons. The van der Waals surface area contributed by atoms with Crippen LogP contribution in [0.25, 0.3) is 6.08 Å². The largest absolute Gasteiger partial charge is 0.504 e. The number of carbonyl (C=O) groups excluding carboxylic acids is 2. The van der Waals surface area contributed by atoms with Gasteiger partial charge in [-0.3, -0.25) is 9.59 Å². The van der Waals surface area contributed by atoms with Crippen LogP contribution < -0.4 is 16.2 Å². The molecule has 0 atom stereocenters. The second-order valence-corrected chi connectivity index (χ2v) is 3.45. The van der Waals surface area contributed by atoms with Gasteiger partial charge in [-0.25, -0.2) is 0 Å². The number of phenols is 1. The molecule has 18 heavy (non-hydrogen) atoms.